The number of para-hydroxylation sites is 2. The fraction of sp³-hybridized carbons (Fsp3) is 0.389. The number of nitrogens with zero attached hydrogens (tertiary/aromatic N) is 5. The molecule has 0 saturated heterocycles. The molecule has 0 aliphatic carbocycles. The van der Waals surface area contributed by atoms with Crippen LogP contribution in [0.1, 0.15) is 72.4 Å². The van der Waals surface area contributed by atoms with Gasteiger partial charge in [0.1, 0.15) is 22.8 Å². The van der Waals surface area contributed by atoms with Gasteiger partial charge in [-0.1, -0.05) is 44.2 Å². The monoisotopic (exact) mass is 625 g/mol. The summed E-state index contributed by atoms with van der Waals surface area (Å²) >= 11 is 0. The minimum absolute atomic E-state index is 0.139. The Labute approximate surface area is 269 Å². The summed E-state index contributed by atoms with van der Waals surface area (Å²) < 4.78 is 20.5. The van der Waals surface area contributed by atoms with Crippen molar-refractivity contribution in [2.24, 2.45) is 0 Å². The predicted octanol–water partition coefficient (Wildman–Crippen LogP) is 8.25. The lowest BCUT2D eigenvalue weighted by atomic mass is 10.1. The molecule has 0 spiro atoms. The highest BCUT2D eigenvalue weighted by molar-refractivity contribution is 5.93. The van der Waals surface area contributed by atoms with Gasteiger partial charge in [0.15, 0.2) is 5.65 Å². The van der Waals surface area contributed by atoms with Crippen molar-refractivity contribution in [1.82, 2.24) is 19.2 Å². The summed E-state index contributed by atoms with van der Waals surface area (Å²) in [5.41, 5.74) is 3.23. The molecule has 5 rings (SSSR count). The standard InChI is InChI=1S/C36H43N5O5/c1-23(2)27-21-37-41-31(20-28(38-32(27)41)26-15-11-13-17-30(26)44-9)39(33(42)45-35(3,4)5)19-18-24-22-40(34(43)46-36(6,7)8)29-16-12-10-14-25(24)29/h10-17,20-23H,18-19H2,1-9H3. The molecule has 242 valence electrons. The lowest BCUT2D eigenvalue weighted by Crippen LogP contribution is -2.39. The molecule has 1 amide bonds. The highest BCUT2D eigenvalue weighted by Gasteiger charge is 2.29. The maximum absolute atomic E-state index is 14.0. The molecular weight excluding hydrogens is 582 g/mol. The van der Waals surface area contributed by atoms with Crippen LogP contribution in [0.4, 0.5) is 15.4 Å². The number of carbonyl (C=O) groups excluding carboxylic acids is 2. The van der Waals surface area contributed by atoms with Crippen LogP contribution >= 0.6 is 0 Å². The molecule has 0 bridgehead atoms. The van der Waals surface area contributed by atoms with E-state index in [2.05, 4.69) is 13.8 Å². The Kier molecular flexibility index (Phi) is 8.84. The SMILES string of the molecule is COc1ccccc1-c1cc(N(CCc2cn(C(=O)OC(C)(C)C)c3ccccc23)C(=O)OC(C)(C)C)n2ncc(C(C)C)c2n1. The Morgan fingerprint density at radius 3 is 2.28 bits per heavy atom. The number of aromatic nitrogens is 4. The van der Waals surface area contributed by atoms with Gasteiger partial charge in [-0.2, -0.15) is 9.61 Å². The molecule has 10 nitrogen and oxygen atoms in total. The topological polar surface area (TPSA) is 100 Å². The summed E-state index contributed by atoms with van der Waals surface area (Å²) in [6.07, 6.45) is 3.02. The van der Waals surface area contributed by atoms with Gasteiger partial charge >= 0.3 is 12.2 Å². The zero-order valence-corrected chi connectivity index (χ0v) is 28.1. The largest absolute Gasteiger partial charge is 0.496 e. The molecule has 10 heteroatoms. The van der Waals surface area contributed by atoms with Crippen LogP contribution in [0.15, 0.2) is 67.0 Å². The Morgan fingerprint density at radius 1 is 0.935 bits per heavy atom. The van der Waals surface area contributed by atoms with Gasteiger partial charge in [-0.15, -0.1) is 0 Å². The normalized spacial score (nSPS) is 12.1. The van der Waals surface area contributed by atoms with Crippen LogP contribution in [-0.2, 0) is 15.9 Å². The van der Waals surface area contributed by atoms with E-state index in [0.29, 0.717) is 29.3 Å². The van der Waals surface area contributed by atoms with Gasteiger partial charge in [0.05, 0.1) is 24.5 Å². The summed E-state index contributed by atoms with van der Waals surface area (Å²) in [6, 6.07) is 17.2. The third-order valence-electron chi connectivity index (χ3n) is 7.37. The van der Waals surface area contributed by atoms with E-state index in [4.69, 9.17) is 24.3 Å². The van der Waals surface area contributed by atoms with E-state index in [1.54, 1.807) is 28.9 Å². The number of hydrogen-bond donors (Lipinski definition) is 0. The minimum Gasteiger partial charge on any atom is -0.496 e. The van der Waals surface area contributed by atoms with E-state index >= 15 is 0 Å². The van der Waals surface area contributed by atoms with Crippen molar-refractivity contribution >= 4 is 34.6 Å². The number of benzene rings is 2. The molecule has 0 atom stereocenters. The number of rotatable bonds is 7. The summed E-state index contributed by atoms with van der Waals surface area (Å²) in [4.78, 5) is 33.8. The van der Waals surface area contributed by atoms with Gasteiger partial charge in [0.25, 0.3) is 0 Å². The van der Waals surface area contributed by atoms with E-state index in [9.17, 15) is 9.59 Å². The van der Waals surface area contributed by atoms with Gasteiger partial charge in [-0.3, -0.25) is 9.47 Å². The van der Waals surface area contributed by atoms with Crippen molar-refractivity contribution < 1.29 is 23.8 Å². The maximum Gasteiger partial charge on any atom is 0.419 e. The third kappa shape index (κ3) is 6.85. The van der Waals surface area contributed by atoms with Crippen LogP contribution in [0, 0.1) is 0 Å². The van der Waals surface area contributed by atoms with Crippen LogP contribution < -0.4 is 9.64 Å². The van der Waals surface area contributed by atoms with Crippen molar-refractivity contribution in [3.05, 3.63) is 78.1 Å². The molecule has 0 aliphatic heterocycles. The second-order valence-corrected chi connectivity index (χ2v) is 13.6. The molecule has 0 aliphatic rings. The first-order chi connectivity index (χ1) is 21.7. The van der Waals surface area contributed by atoms with Gasteiger partial charge in [0.2, 0.25) is 0 Å². The fourth-order valence-electron chi connectivity index (χ4n) is 5.32. The Morgan fingerprint density at radius 2 is 1.61 bits per heavy atom. The zero-order valence-electron chi connectivity index (χ0n) is 28.1. The maximum atomic E-state index is 14.0. The van der Waals surface area contributed by atoms with Crippen molar-refractivity contribution in [3.63, 3.8) is 0 Å². The number of hydrogen-bond acceptors (Lipinski definition) is 7. The van der Waals surface area contributed by atoms with Crippen molar-refractivity contribution in [2.45, 2.75) is 78.9 Å². The number of anilines is 1. The fourth-order valence-corrected chi connectivity index (χ4v) is 5.32. The lowest BCUT2D eigenvalue weighted by molar-refractivity contribution is 0.0540. The van der Waals surface area contributed by atoms with Crippen LogP contribution in [0.3, 0.4) is 0 Å². The highest BCUT2D eigenvalue weighted by Crippen LogP contribution is 2.34. The number of fused-ring (bicyclic) bond motifs is 2. The van der Waals surface area contributed by atoms with Crippen LogP contribution in [0.5, 0.6) is 5.75 Å². The molecule has 0 saturated carbocycles. The Balaban J connectivity index is 1.64. The smallest absolute Gasteiger partial charge is 0.419 e. The third-order valence-corrected chi connectivity index (χ3v) is 7.37. The number of ether oxygens (including phenoxy) is 3. The van der Waals surface area contributed by atoms with E-state index in [0.717, 1.165) is 27.6 Å². The molecular formula is C36H43N5O5. The van der Waals surface area contributed by atoms with Crippen molar-refractivity contribution in [3.8, 4) is 17.0 Å². The molecule has 0 radical (unpaired) electrons. The molecule has 3 aromatic heterocycles. The quantitative estimate of drug-likeness (QED) is 0.180. The van der Waals surface area contributed by atoms with Crippen LogP contribution in [-0.4, -0.2) is 56.2 Å². The first-order valence-corrected chi connectivity index (χ1v) is 15.5. The first-order valence-electron chi connectivity index (χ1n) is 15.5. The van der Waals surface area contributed by atoms with Gasteiger partial charge in [0, 0.05) is 35.3 Å². The van der Waals surface area contributed by atoms with Gasteiger partial charge in [-0.05, 0) is 77.6 Å². The van der Waals surface area contributed by atoms with Crippen molar-refractivity contribution in [2.75, 3.05) is 18.6 Å². The lowest BCUT2D eigenvalue weighted by Gasteiger charge is -2.28. The summed E-state index contributed by atoms with van der Waals surface area (Å²) in [7, 11) is 1.62. The summed E-state index contributed by atoms with van der Waals surface area (Å²) in [5.74, 6) is 1.30. The highest BCUT2D eigenvalue weighted by atomic mass is 16.6. The number of amides is 1. The first kappa shape index (κ1) is 32.5. The molecule has 0 N–H and O–H groups in total. The predicted molar refractivity (Wildman–Crippen MR) is 180 cm³/mol. The number of methoxy groups -OCH3 is 1. The van der Waals surface area contributed by atoms with Crippen LogP contribution in [0.2, 0.25) is 0 Å². The zero-order chi connectivity index (χ0) is 33.4. The van der Waals surface area contributed by atoms with E-state index in [1.807, 2.05) is 96.1 Å². The van der Waals surface area contributed by atoms with E-state index in [-0.39, 0.29) is 12.5 Å². The van der Waals surface area contributed by atoms with Gasteiger partial charge < -0.3 is 14.2 Å². The second kappa shape index (κ2) is 12.5. The van der Waals surface area contributed by atoms with E-state index in [1.165, 1.54) is 4.57 Å². The molecule has 0 unspecified atom stereocenters. The average Bonchev–Trinajstić information content (AvgIpc) is 3.57. The molecule has 0 fully saturated rings. The van der Waals surface area contributed by atoms with Gasteiger partial charge in [-0.25, -0.2) is 14.6 Å². The Bertz CT molecular complexity index is 1890. The summed E-state index contributed by atoms with van der Waals surface area (Å²) in [5, 5.41) is 5.59. The van der Waals surface area contributed by atoms with Crippen molar-refractivity contribution in [1.29, 1.82) is 0 Å². The molecule has 46 heavy (non-hydrogen) atoms. The van der Waals surface area contributed by atoms with E-state index < -0.39 is 23.4 Å². The minimum atomic E-state index is -0.743. The summed E-state index contributed by atoms with van der Waals surface area (Å²) in [6.45, 7) is 15.4. The molecule has 2 aromatic carbocycles. The second-order valence-electron chi connectivity index (χ2n) is 13.6. The van der Waals surface area contributed by atoms with Crippen LogP contribution in [0.25, 0.3) is 27.8 Å². The Hall–Kier alpha value is -4.86. The average molecular weight is 626 g/mol. The number of carbonyl (C=O) groups is 2. The molecule has 5 aromatic rings. The molecule has 3 heterocycles.